The van der Waals surface area contributed by atoms with E-state index in [-0.39, 0.29) is 0 Å². The molecule has 0 radical (unpaired) electrons. The van der Waals surface area contributed by atoms with E-state index in [1.54, 1.807) is 0 Å². The average Bonchev–Trinajstić information content (AvgIpc) is 2.69. The van der Waals surface area contributed by atoms with Crippen molar-refractivity contribution in [3.63, 3.8) is 0 Å². The Morgan fingerprint density at radius 3 is 2.50 bits per heavy atom. The van der Waals surface area contributed by atoms with Gasteiger partial charge < -0.3 is 0 Å². The van der Waals surface area contributed by atoms with E-state index in [2.05, 4.69) is 37.5 Å². The fraction of sp³-hybridized carbons (Fsp3) is 0.143. The van der Waals surface area contributed by atoms with Crippen molar-refractivity contribution in [3.8, 4) is 0 Å². The molecule has 70 valence electrons. The summed E-state index contributed by atoms with van der Waals surface area (Å²) in [7, 11) is 0. The Morgan fingerprint density at radius 1 is 1.00 bits per heavy atom. The molecular formula is C14H14. The maximum Gasteiger partial charge on any atom is -0.00940 e. The highest BCUT2D eigenvalue weighted by atomic mass is 14.2. The smallest absolute Gasteiger partial charge is 0.00940 e. The highest BCUT2D eigenvalue weighted by molar-refractivity contribution is 5.66. The third kappa shape index (κ3) is 1.44. The second-order valence-electron chi connectivity index (χ2n) is 3.58. The molecule has 0 saturated carbocycles. The van der Waals surface area contributed by atoms with Gasteiger partial charge in [0.05, 0.1) is 0 Å². The molecule has 0 N–H and O–H groups in total. The zero-order valence-electron chi connectivity index (χ0n) is 8.29. The Labute approximate surface area is 85.3 Å². The molecule has 0 aliphatic heterocycles. The van der Waals surface area contributed by atoms with E-state index in [1.807, 2.05) is 12.2 Å². The first-order valence-electron chi connectivity index (χ1n) is 4.91. The van der Waals surface area contributed by atoms with Crippen molar-refractivity contribution < 1.29 is 0 Å². The van der Waals surface area contributed by atoms with Crippen LogP contribution in [0.1, 0.15) is 12.8 Å². The van der Waals surface area contributed by atoms with Gasteiger partial charge in [-0.25, -0.2) is 0 Å². The summed E-state index contributed by atoms with van der Waals surface area (Å²) in [6.45, 7) is 7.52. The summed E-state index contributed by atoms with van der Waals surface area (Å²) in [4.78, 5) is 0. The van der Waals surface area contributed by atoms with Gasteiger partial charge in [0.2, 0.25) is 0 Å². The van der Waals surface area contributed by atoms with Gasteiger partial charge in [0.1, 0.15) is 0 Å². The van der Waals surface area contributed by atoms with Crippen LogP contribution in [0.3, 0.4) is 0 Å². The van der Waals surface area contributed by atoms with Crippen LogP contribution in [0.2, 0.25) is 0 Å². The van der Waals surface area contributed by atoms with Crippen LogP contribution in [0.4, 0.5) is 0 Å². The Hall–Kier alpha value is -1.56. The first kappa shape index (κ1) is 9.01. The van der Waals surface area contributed by atoms with Gasteiger partial charge in [-0.2, -0.15) is 0 Å². The summed E-state index contributed by atoms with van der Waals surface area (Å²) in [6, 6.07) is 0. The van der Waals surface area contributed by atoms with Crippen LogP contribution in [0.25, 0.3) is 0 Å². The predicted octanol–water partition coefficient (Wildman–Crippen LogP) is 3.87. The topological polar surface area (TPSA) is 0 Å². The molecule has 0 aromatic rings. The lowest BCUT2D eigenvalue weighted by molar-refractivity contribution is 1.25. The summed E-state index contributed by atoms with van der Waals surface area (Å²) in [5.41, 5.74) is 5.46. The second kappa shape index (κ2) is 3.67. The number of allylic oxidation sites excluding steroid dienone is 10. The van der Waals surface area contributed by atoms with Crippen LogP contribution in [-0.4, -0.2) is 0 Å². The molecule has 0 heterocycles. The maximum absolute atomic E-state index is 3.77. The Balaban J connectivity index is 2.20. The van der Waals surface area contributed by atoms with Crippen molar-refractivity contribution >= 4 is 0 Å². The molecule has 0 saturated heterocycles. The summed E-state index contributed by atoms with van der Waals surface area (Å²) in [6.07, 6.45) is 14.7. The number of fused-ring (bicyclic) bond motifs is 1. The second-order valence-corrected chi connectivity index (χ2v) is 3.58. The molecule has 2 aliphatic rings. The molecule has 0 aromatic heterocycles. The third-order valence-corrected chi connectivity index (χ3v) is 2.54. The minimum atomic E-state index is 0.959. The van der Waals surface area contributed by atoms with Crippen molar-refractivity contribution in [1.29, 1.82) is 0 Å². The molecule has 2 rings (SSSR count). The quantitative estimate of drug-likeness (QED) is 0.579. The predicted molar refractivity (Wildman–Crippen MR) is 62.0 cm³/mol. The minimum absolute atomic E-state index is 0.959. The van der Waals surface area contributed by atoms with Gasteiger partial charge >= 0.3 is 0 Å². The van der Waals surface area contributed by atoms with Crippen LogP contribution < -0.4 is 0 Å². The third-order valence-electron chi connectivity index (χ3n) is 2.54. The zero-order valence-corrected chi connectivity index (χ0v) is 8.29. The molecule has 0 aromatic carbocycles. The molecular weight excluding hydrogens is 168 g/mol. The monoisotopic (exact) mass is 182 g/mol. The average molecular weight is 182 g/mol. The maximum atomic E-state index is 3.77. The first-order chi connectivity index (χ1) is 6.85. The van der Waals surface area contributed by atoms with Gasteiger partial charge in [-0.15, -0.1) is 13.2 Å². The van der Waals surface area contributed by atoms with E-state index in [0.29, 0.717) is 0 Å². The van der Waals surface area contributed by atoms with Crippen LogP contribution in [0.15, 0.2) is 71.9 Å². The van der Waals surface area contributed by atoms with E-state index in [0.717, 1.165) is 12.8 Å². The van der Waals surface area contributed by atoms with E-state index < -0.39 is 0 Å². The summed E-state index contributed by atoms with van der Waals surface area (Å²) >= 11 is 0. The fourth-order valence-corrected chi connectivity index (χ4v) is 1.90. The van der Waals surface area contributed by atoms with E-state index in [1.165, 1.54) is 22.3 Å². The molecule has 0 unspecified atom stereocenters. The molecule has 0 fully saturated rings. The number of rotatable bonds is 4. The van der Waals surface area contributed by atoms with E-state index >= 15 is 0 Å². The lowest BCUT2D eigenvalue weighted by atomic mass is 10.0. The van der Waals surface area contributed by atoms with Gasteiger partial charge in [0.15, 0.2) is 0 Å². The van der Waals surface area contributed by atoms with Gasteiger partial charge in [0, 0.05) is 0 Å². The minimum Gasteiger partial charge on any atom is -0.103 e. The zero-order chi connectivity index (χ0) is 9.97. The van der Waals surface area contributed by atoms with Crippen molar-refractivity contribution in [2.75, 3.05) is 0 Å². The van der Waals surface area contributed by atoms with E-state index in [9.17, 15) is 0 Å². The van der Waals surface area contributed by atoms with Crippen molar-refractivity contribution in [3.05, 3.63) is 71.9 Å². The molecule has 14 heavy (non-hydrogen) atoms. The van der Waals surface area contributed by atoms with Crippen LogP contribution in [-0.2, 0) is 0 Å². The molecule has 2 aliphatic carbocycles. The Kier molecular flexibility index (Phi) is 2.36. The van der Waals surface area contributed by atoms with Gasteiger partial charge in [0.25, 0.3) is 0 Å². The van der Waals surface area contributed by atoms with Crippen LogP contribution >= 0.6 is 0 Å². The molecule has 0 heteroatoms. The summed E-state index contributed by atoms with van der Waals surface area (Å²) in [5.74, 6) is 0. The van der Waals surface area contributed by atoms with Gasteiger partial charge in [-0.3, -0.25) is 0 Å². The van der Waals surface area contributed by atoms with E-state index in [4.69, 9.17) is 0 Å². The van der Waals surface area contributed by atoms with Gasteiger partial charge in [-0.1, -0.05) is 36.5 Å². The van der Waals surface area contributed by atoms with Crippen molar-refractivity contribution in [1.82, 2.24) is 0 Å². The van der Waals surface area contributed by atoms with Crippen molar-refractivity contribution in [2.45, 2.75) is 12.8 Å². The van der Waals surface area contributed by atoms with Crippen LogP contribution in [0.5, 0.6) is 0 Å². The number of hydrogen-bond acceptors (Lipinski definition) is 0. The molecule has 0 bridgehead atoms. The Morgan fingerprint density at radius 2 is 1.79 bits per heavy atom. The SMILES string of the molecule is C=CCC1=CC2=CC=C(CC=C)C2=C1. The first-order valence-corrected chi connectivity index (χ1v) is 4.91. The van der Waals surface area contributed by atoms with Crippen LogP contribution in [0, 0.1) is 0 Å². The molecule has 0 amide bonds. The largest absolute Gasteiger partial charge is 0.103 e. The fourth-order valence-electron chi connectivity index (χ4n) is 1.90. The highest BCUT2D eigenvalue weighted by Crippen LogP contribution is 2.36. The lowest BCUT2D eigenvalue weighted by Gasteiger charge is -2.00. The Bertz CT molecular complexity index is 384. The summed E-state index contributed by atoms with van der Waals surface area (Å²) < 4.78 is 0. The lowest BCUT2D eigenvalue weighted by Crippen LogP contribution is -1.82. The molecule has 0 nitrogen and oxygen atoms in total. The summed E-state index contributed by atoms with van der Waals surface area (Å²) in [5, 5.41) is 0. The highest BCUT2D eigenvalue weighted by Gasteiger charge is 2.17. The van der Waals surface area contributed by atoms with Gasteiger partial charge in [-0.05, 0) is 35.1 Å². The number of hydrogen-bond donors (Lipinski definition) is 0. The normalized spacial score (nSPS) is 18.0. The van der Waals surface area contributed by atoms with Crippen molar-refractivity contribution in [2.24, 2.45) is 0 Å². The standard InChI is InChI=1S/C14H14/c1-3-5-11-9-13-8-7-12(6-4-2)14(13)10-11/h3-4,7-10H,1-2,5-6H2. The molecule has 0 spiro atoms. The molecule has 0 atom stereocenters.